The number of carbonyl (C=O) groups is 1. The number of nitrogens with one attached hydrogen (secondary N) is 1. The summed E-state index contributed by atoms with van der Waals surface area (Å²) < 4.78 is 6.04. The molecule has 2 N–H and O–H groups in total. The normalized spacial score (nSPS) is 10.2. The molecule has 0 aromatic heterocycles. The number of hydrogen-bond acceptors (Lipinski definition) is 3. The van der Waals surface area contributed by atoms with Crippen LogP contribution in [-0.2, 0) is 6.54 Å². The zero-order chi connectivity index (χ0) is 15.4. The maximum atomic E-state index is 11.0. The SMILES string of the molecule is COc1ccc(C(=O)O)cc1NCc1ccc(Cl)c(Br)c1. The van der Waals surface area contributed by atoms with E-state index in [2.05, 4.69) is 21.2 Å². The van der Waals surface area contributed by atoms with E-state index in [1.54, 1.807) is 25.3 Å². The minimum absolute atomic E-state index is 0.204. The summed E-state index contributed by atoms with van der Waals surface area (Å²) in [7, 11) is 1.54. The van der Waals surface area contributed by atoms with Crippen LogP contribution in [0.5, 0.6) is 5.75 Å². The van der Waals surface area contributed by atoms with Crippen LogP contribution in [-0.4, -0.2) is 18.2 Å². The lowest BCUT2D eigenvalue weighted by molar-refractivity contribution is 0.0697. The number of benzene rings is 2. The van der Waals surface area contributed by atoms with Crippen molar-refractivity contribution in [3.63, 3.8) is 0 Å². The van der Waals surface area contributed by atoms with Gasteiger partial charge in [-0.3, -0.25) is 0 Å². The van der Waals surface area contributed by atoms with Gasteiger partial charge in [0.1, 0.15) is 5.75 Å². The van der Waals surface area contributed by atoms with Crippen LogP contribution < -0.4 is 10.1 Å². The first-order valence-corrected chi connectivity index (χ1v) is 7.27. The zero-order valence-electron chi connectivity index (χ0n) is 11.2. The van der Waals surface area contributed by atoms with Gasteiger partial charge in [-0.25, -0.2) is 4.79 Å². The number of methoxy groups -OCH3 is 1. The van der Waals surface area contributed by atoms with E-state index < -0.39 is 5.97 Å². The number of carboxylic acid groups (broad SMARTS) is 1. The van der Waals surface area contributed by atoms with Crippen LogP contribution in [0.15, 0.2) is 40.9 Å². The molecule has 0 saturated carbocycles. The molecule has 0 unspecified atom stereocenters. The Morgan fingerprint density at radius 3 is 2.71 bits per heavy atom. The van der Waals surface area contributed by atoms with Crippen molar-refractivity contribution in [1.82, 2.24) is 0 Å². The minimum atomic E-state index is -0.977. The van der Waals surface area contributed by atoms with Gasteiger partial charge in [0.05, 0.1) is 23.4 Å². The molecule has 2 aromatic rings. The summed E-state index contributed by atoms with van der Waals surface area (Å²) in [4.78, 5) is 11.0. The van der Waals surface area contributed by atoms with E-state index in [0.717, 1.165) is 10.0 Å². The molecule has 0 fully saturated rings. The zero-order valence-corrected chi connectivity index (χ0v) is 13.5. The van der Waals surface area contributed by atoms with Crippen LogP contribution in [0.4, 0.5) is 5.69 Å². The third kappa shape index (κ3) is 3.89. The predicted molar refractivity (Wildman–Crippen MR) is 86.4 cm³/mol. The van der Waals surface area contributed by atoms with Crippen LogP contribution in [0.25, 0.3) is 0 Å². The van der Waals surface area contributed by atoms with Gasteiger partial charge in [-0.15, -0.1) is 0 Å². The first kappa shape index (κ1) is 15.7. The lowest BCUT2D eigenvalue weighted by Crippen LogP contribution is -2.04. The highest BCUT2D eigenvalue weighted by atomic mass is 79.9. The average molecular weight is 371 g/mol. The van der Waals surface area contributed by atoms with Crippen molar-refractivity contribution in [3.05, 3.63) is 57.0 Å². The monoisotopic (exact) mass is 369 g/mol. The third-order valence-corrected chi connectivity index (χ3v) is 4.13. The Hall–Kier alpha value is -1.72. The van der Waals surface area contributed by atoms with Crippen molar-refractivity contribution in [2.75, 3.05) is 12.4 Å². The molecule has 0 radical (unpaired) electrons. The Morgan fingerprint density at radius 1 is 1.33 bits per heavy atom. The van der Waals surface area contributed by atoms with Crippen molar-refractivity contribution in [2.45, 2.75) is 6.54 Å². The van der Waals surface area contributed by atoms with E-state index in [0.29, 0.717) is 23.0 Å². The summed E-state index contributed by atoms with van der Waals surface area (Å²) in [5.41, 5.74) is 1.84. The van der Waals surface area contributed by atoms with Gasteiger partial charge >= 0.3 is 5.97 Å². The first-order chi connectivity index (χ1) is 10.0. The number of halogens is 2. The molecule has 2 rings (SSSR count). The van der Waals surface area contributed by atoms with Crippen molar-refractivity contribution >= 4 is 39.2 Å². The Bertz CT molecular complexity index is 676. The largest absolute Gasteiger partial charge is 0.495 e. The second-order valence-corrected chi connectivity index (χ2v) is 5.58. The van der Waals surface area contributed by atoms with Gasteiger partial charge in [0.2, 0.25) is 0 Å². The molecule has 0 atom stereocenters. The summed E-state index contributed by atoms with van der Waals surface area (Å²) in [5, 5.41) is 12.8. The fourth-order valence-electron chi connectivity index (χ4n) is 1.83. The second-order valence-electron chi connectivity index (χ2n) is 4.32. The van der Waals surface area contributed by atoms with Gasteiger partial charge < -0.3 is 15.2 Å². The highest BCUT2D eigenvalue weighted by Gasteiger charge is 2.09. The molecule has 0 spiro atoms. The number of hydrogen-bond donors (Lipinski definition) is 2. The molecule has 110 valence electrons. The Kier molecular flexibility index (Phi) is 5.09. The number of ether oxygens (including phenoxy) is 1. The quantitative estimate of drug-likeness (QED) is 0.818. The lowest BCUT2D eigenvalue weighted by Gasteiger charge is -2.12. The van der Waals surface area contributed by atoms with Crippen LogP contribution in [0.3, 0.4) is 0 Å². The topological polar surface area (TPSA) is 58.6 Å². The van der Waals surface area contributed by atoms with E-state index >= 15 is 0 Å². The highest BCUT2D eigenvalue weighted by molar-refractivity contribution is 9.10. The minimum Gasteiger partial charge on any atom is -0.495 e. The number of carboxylic acids is 1. The molecular formula is C15H13BrClNO3. The number of aromatic carboxylic acids is 1. The van der Waals surface area contributed by atoms with Crippen LogP contribution >= 0.6 is 27.5 Å². The maximum absolute atomic E-state index is 11.0. The molecule has 0 saturated heterocycles. The van der Waals surface area contributed by atoms with Crippen LogP contribution in [0.2, 0.25) is 5.02 Å². The van der Waals surface area contributed by atoms with E-state index in [4.69, 9.17) is 21.4 Å². The van der Waals surface area contributed by atoms with Gasteiger partial charge in [-0.05, 0) is 51.8 Å². The summed E-state index contributed by atoms with van der Waals surface area (Å²) in [6.07, 6.45) is 0. The predicted octanol–water partition coefficient (Wildman–Crippen LogP) is 4.42. The Morgan fingerprint density at radius 2 is 2.10 bits per heavy atom. The summed E-state index contributed by atoms with van der Waals surface area (Å²) in [5.74, 6) is -0.386. The van der Waals surface area contributed by atoms with Crippen LogP contribution in [0, 0.1) is 0 Å². The number of anilines is 1. The molecule has 0 amide bonds. The van der Waals surface area contributed by atoms with E-state index in [1.807, 2.05) is 12.1 Å². The van der Waals surface area contributed by atoms with E-state index in [1.165, 1.54) is 6.07 Å². The summed E-state index contributed by atoms with van der Waals surface area (Å²) >= 11 is 9.32. The molecule has 0 aliphatic heterocycles. The van der Waals surface area contributed by atoms with E-state index in [-0.39, 0.29) is 5.56 Å². The molecule has 0 aliphatic carbocycles. The molecule has 21 heavy (non-hydrogen) atoms. The van der Waals surface area contributed by atoms with Gasteiger partial charge in [-0.1, -0.05) is 17.7 Å². The average Bonchev–Trinajstić information content (AvgIpc) is 2.48. The molecule has 4 nitrogen and oxygen atoms in total. The van der Waals surface area contributed by atoms with Crippen LogP contribution in [0.1, 0.15) is 15.9 Å². The summed E-state index contributed by atoms with van der Waals surface area (Å²) in [6.45, 7) is 0.523. The molecule has 0 bridgehead atoms. The van der Waals surface area contributed by atoms with Crippen molar-refractivity contribution in [1.29, 1.82) is 0 Å². The standard InChI is InChI=1S/C15H13BrClNO3/c1-21-14-5-3-10(15(19)20)7-13(14)18-8-9-2-4-12(17)11(16)6-9/h2-7,18H,8H2,1H3,(H,19,20). The molecular weight excluding hydrogens is 358 g/mol. The molecule has 0 aliphatic rings. The third-order valence-electron chi connectivity index (χ3n) is 2.91. The molecule has 6 heteroatoms. The fourth-order valence-corrected chi connectivity index (χ4v) is 2.37. The Labute approximate surface area is 135 Å². The van der Waals surface area contributed by atoms with Gasteiger partial charge in [0, 0.05) is 11.0 Å². The van der Waals surface area contributed by atoms with Gasteiger partial charge in [0.25, 0.3) is 0 Å². The second kappa shape index (κ2) is 6.83. The lowest BCUT2D eigenvalue weighted by atomic mass is 10.1. The first-order valence-electron chi connectivity index (χ1n) is 6.10. The van der Waals surface area contributed by atoms with Crippen molar-refractivity contribution < 1.29 is 14.6 Å². The maximum Gasteiger partial charge on any atom is 0.335 e. The van der Waals surface area contributed by atoms with Crippen molar-refractivity contribution in [2.24, 2.45) is 0 Å². The van der Waals surface area contributed by atoms with E-state index in [9.17, 15) is 4.79 Å². The fraction of sp³-hybridized carbons (Fsp3) is 0.133. The smallest absolute Gasteiger partial charge is 0.335 e. The molecule has 2 aromatic carbocycles. The molecule has 0 heterocycles. The highest BCUT2D eigenvalue weighted by Crippen LogP contribution is 2.27. The Balaban J connectivity index is 2.19. The summed E-state index contributed by atoms with van der Waals surface area (Å²) in [6, 6.07) is 10.3. The van der Waals surface area contributed by atoms with Gasteiger partial charge in [-0.2, -0.15) is 0 Å². The number of rotatable bonds is 5. The van der Waals surface area contributed by atoms with Gasteiger partial charge in [0.15, 0.2) is 0 Å². The van der Waals surface area contributed by atoms with Crippen molar-refractivity contribution in [3.8, 4) is 5.75 Å².